The SMILES string of the molecule is CCNC(=NCc1cccc(CN(C)C)c1)NCc1ccccn1.I. The third-order valence-electron chi connectivity index (χ3n) is 3.42. The molecule has 0 aliphatic heterocycles. The quantitative estimate of drug-likeness (QED) is 0.385. The molecule has 1 aromatic heterocycles. The zero-order valence-corrected chi connectivity index (χ0v) is 17.5. The van der Waals surface area contributed by atoms with Crippen molar-refractivity contribution < 1.29 is 0 Å². The molecule has 2 rings (SSSR count). The molecule has 1 aromatic carbocycles. The van der Waals surface area contributed by atoms with E-state index in [9.17, 15) is 0 Å². The zero-order chi connectivity index (χ0) is 17.2. The molecular weight excluding hydrogens is 425 g/mol. The van der Waals surface area contributed by atoms with Crippen LogP contribution in [0.1, 0.15) is 23.7 Å². The Bertz CT molecular complexity index is 643. The second kappa shape index (κ2) is 11.8. The van der Waals surface area contributed by atoms with Crippen LogP contribution < -0.4 is 10.6 Å². The van der Waals surface area contributed by atoms with E-state index in [0.717, 1.165) is 24.7 Å². The van der Waals surface area contributed by atoms with Gasteiger partial charge < -0.3 is 15.5 Å². The van der Waals surface area contributed by atoms with Crippen molar-refractivity contribution >= 4 is 29.9 Å². The molecule has 136 valence electrons. The van der Waals surface area contributed by atoms with Crippen LogP contribution >= 0.6 is 24.0 Å². The van der Waals surface area contributed by atoms with Crippen molar-refractivity contribution in [2.75, 3.05) is 20.6 Å². The molecule has 2 aromatic rings. The van der Waals surface area contributed by atoms with Crippen molar-refractivity contribution in [3.05, 3.63) is 65.5 Å². The van der Waals surface area contributed by atoms with Crippen molar-refractivity contribution in [2.24, 2.45) is 4.99 Å². The molecular formula is C19H28IN5. The Kier molecular flexibility index (Phi) is 10.1. The fraction of sp³-hybridized carbons (Fsp3) is 0.368. The summed E-state index contributed by atoms with van der Waals surface area (Å²) < 4.78 is 0. The fourth-order valence-corrected chi connectivity index (χ4v) is 2.38. The highest BCUT2D eigenvalue weighted by Crippen LogP contribution is 2.08. The Morgan fingerprint density at radius 1 is 1.08 bits per heavy atom. The summed E-state index contributed by atoms with van der Waals surface area (Å²) in [5.74, 6) is 0.807. The lowest BCUT2D eigenvalue weighted by Crippen LogP contribution is -2.37. The van der Waals surface area contributed by atoms with Gasteiger partial charge in [-0.2, -0.15) is 0 Å². The monoisotopic (exact) mass is 453 g/mol. The van der Waals surface area contributed by atoms with Gasteiger partial charge in [0.25, 0.3) is 0 Å². The highest BCUT2D eigenvalue weighted by Gasteiger charge is 2.01. The third kappa shape index (κ3) is 8.31. The van der Waals surface area contributed by atoms with Crippen LogP contribution in [0, 0.1) is 0 Å². The Morgan fingerprint density at radius 3 is 2.56 bits per heavy atom. The van der Waals surface area contributed by atoms with E-state index >= 15 is 0 Å². The maximum atomic E-state index is 4.67. The maximum Gasteiger partial charge on any atom is 0.191 e. The normalized spacial score (nSPS) is 11.1. The third-order valence-corrected chi connectivity index (χ3v) is 3.42. The van der Waals surface area contributed by atoms with Crippen molar-refractivity contribution in [1.82, 2.24) is 20.5 Å². The van der Waals surface area contributed by atoms with E-state index < -0.39 is 0 Å². The summed E-state index contributed by atoms with van der Waals surface area (Å²) in [4.78, 5) is 11.2. The van der Waals surface area contributed by atoms with Crippen LogP contribution in [0.25, 0.3) is 0 Å². The van der Waals surface area contributed by atoms with Gasteiger partial charge in [-0.3, -0.25) is 4.98 Å². The predicted octanol–water partition coefficient (Wildman–Crippen LogP) is 3.02. The first kappa shape index (κ1) is 21.4. The average Bonchev–Trinajstić information content (AvgIpc) is 2.58. The minimum absolute atomic E-state index is 0. The van der Waals surface area contributed by atoms with E-state index in [1.807, 2.05) is 18.2 Å². The van der Waals surface area contributed by atoms with Gasteiger partial charge in [0.05, 0.1) is 18.8 Å². The number of hydrogen-bond donors (Lipinski definition) is 2. The Hall–Kier alpha value is -1.67. The number of aliphatic imine (C=N–C) groups is 1. The molecule has 0 radical (unpaired) electrons. The highest BCUT2D eigenvalue weighted by molar-refractivity contribution is 14.0. The number of aromatic nitrogens is 1. The van der Waals surface area contributed by atoms with Gasteiger partial charge in [0.2, 0.25) is 0 Å². The van der Waals surface area contributed by atoms with Crippen molar-refractivity contribution in [3.8, 4) is 0 Å². The molecule has 0 fully saturated rings. The van der Waals surface area contributed by atoms with Crippen LogP contribution in [-0.2, 0) is 19.6 Å². The van der Waals surface area contributed by atoms with Crippen LogP contribution in [0.4, 0.5) is 0 Å². The first-order chi connectivity index (χ1) is 11.7. The number of nitrogens with zero attached hydrogens (tertiary/aromatic N) is 3. The Labute approximate surface area is 168 Å². The van der Waals surface area contributed by atoms with Crippen molar-refractivity contribution in [3.63, 3.8) is 0 Å². The predicted molar refractivity (Wildman–Crippen MR) is 115 cm³/mol. The van der Waals surface area contributed by atoms with Gasteiger partial charge in [-0.25, -0.2) is 4.99 Å². The summed E-state index contributed by atoms with van der Waals surface area (Å²) >= 11 is 0. The molecule has 0 spiro atoms. The molecule has 0 saturated carbocycles. The smallest absolute Gasteiger partial charge is 0.191 e. The topological polar surface area (TPSA) is 52.6 Å². The lowest BCUT2D eigenvalue weighted by Gasteiger charge is -2.12. The summed E-state index contributed by atoms with van der Waals surface area (Å²) in [6.07, 6.45) is 1.80. The van der Waals surface area contributed by atoms with Gasteiger partial charge in [0.15, 0.2) is 5.96 Å². The molecule has 0 saturated heterocycles. The molecule has 2 N–H and O–H groups in total. The van der Waals surface area contributed by atoms with Crippen LogP contribution in [0.3, 0.4) is 0 Å². The van der Waals surface area contributed by atoms with Crippen LogP contribution in [0.2, 0.25) is 0 Å². The first-order valence-electron chi connectivity index (χ1n) is 8.32. The van der Waals surface area contributed by atoms with Gasteiger partial charge in [0.1, 0.15) is 0 Å². The number of nitrogens with one attached hydrogen (secondary N) is 2. The van der Waals surface area contributed by atoms with E-state index in [0.29, 0.717) is 13.1 Å². The zero-order valence-electron chi connectivity index (χ0n) is 15.2. The molecule has 1 heterocycles. The van der Waals surface area contributed by atoms with E-state index in [2.05, 4.69) is 70.8 Å². The van der Waals surface area contributed by atoms with Crippen LogP contribution in [0.5, 0.6) is 0 Å². The minimum Gasteiger partial charge on any atom is -0.357 e. The molecule has 0 aliphatic carbocycles. The standard InChI is InChI=1S/C19H27N5.HI/c1-4-20-19(23-14-18-10-5-6-11-21-18)22-13-16-8-7-9-17(12-16)15-24(2)3;/h5-12H,4,13-15H2,1-3H3,(H2,20,22,23);1H. The summed E-state index contributed by atoms with van der Waals surface area (Å²) in [5, 5.41) is 6.60. The van der Waals surface area contributed by atoms with E-state index in [1.165, 1.54) is 11.1 Å². The fourth-order valence-electron chi connectivity index (χ4n) is 2.38. The van der Waals surface area contributed by atoms with Gasteiger partial charge in [-0.15, -0.1) is 24.0 Å². The average molecular weight is 453 g/mol. The second-order valence-electron chi connectivity index (χ2n) is 5.93. The van der Waals surface area contributed by atoms with Crippen molar-refractivity contribution in [1.29, 1.82) is 0 Å². The summed E-state index contributed by atoms with van der Waals surface area (Å²) in [5.41, 5.74) is 3.51. The summed E-state index contributed by atoms with van der Waals surface area (Å²) in [6, 6.07) is 14.5. The molecule has 5 nitrogen and oxygen atoms in total. The van der Waals surface area contributed by atoms with Gasteiger partial charge >= 0.3 is 0 Å². The van der Waals surface area contributed by atoms with E-state index in [-0.39, 0.29) is 24.0 Å². The molecule has 0 bridgehead atoms. The van der Waals surface area contributed by atoms with Gasteiger partial charge in [-0.1, -0.05) is 30.3 Å². The lowest BCUT2D eigenvalue weighted by molar-refractivity contribution is 0.402. The molecule has 0 aliphatic rings. The van der Waals surface area contributed by atoms with Crippen LogP contribution in [0.15, 0.2) is 53.7 Å². The lowest BCUT2D eigenvalue weighted by atomic mass is 10.1. The molecule has 25 heavy (non-hydrogen) atoms. The second-order valence-corrected chi connectivity index (χ2v) is 5.93. The minimum atomic E-state index is 0. The summed E-state index contributed by atoms with van der Waals surface area (Å²) in [6.45, 7) is 5.14. The number of rotatable bonds is 7. The molecule has 6 heteroatoms. The number of benzene rings is 1. The molecule has 0 unspecified atom stereocenters. The largest absolute Gasteiger partial charge is 0.357 e. The number of hydrogen-bond acceptors (Lipinski definition) is 3. The van der Waals surface area contributed by atoms with Gasteiger partial charge in [0, 0.05) is 19.3 Å². The first-order valence-corrected chi connectivity index (χ1v) is 8.32. The van der Waals surface area contributed by atoms with Crippen LogP contribution in [-0.4, -0.2) is 36.5 Å². The summed E-state index contributed by atoms with van der Waals surface area (Å²) in [7, 11) is 4.16. The Morgan fingerprint density at radius 2 is 1.88 bits per heavy atom. The number of guanidine groups is 1. The Balaban J connectivity index is 0.00000312. The maximum absolute atomic E-state index is 4.67. The number of pyridine rings is 1. The van der Waals surface area contributed by atoms with Crippen molar-refractivity contribution in [2.45, 2.75) is 26.6 Å². The molecule has 0 amide bonds. The van der Waals surface area contributed by atoms with E-state index in [1.54, 1.807) is 6.20 Å². The molecule has 0 atom stereocenters. The highest BCUT2D eigenvalue weighted by atomic mass is 127. The van der Waals surface area contributed by atoms with Gasteiger partial charge in [-0.05, 0) is 44.3 Å². The number of halogens is 1. The van der Waals surface area contributed by atoms with E-state index in [4.69, 9.17) is 0 Å².